The molecule has 6 aliphatic heterocycles. The van der Waals surface area contributed by atoms with Crippen LogP contribution < -0.4 is 0 Å². The van der Waals surface area contributed by atoms with Crippen molar-refractivity contribution in [1.82, 2.24) is 0 Å². The molecule has 580 valence electrons. The van der Waals surface area contributed by atoms with E-state index in [1.54, 1.807) is 0 Å². The lowest BCUT2D eigenvalue weighted by Crippen LogP contribution is -2.66. The van der Waals surface area contributed by atoms with E-state index >= 15 is 0 Å². The zero-order valence-corrected chi connectivity index (χ0v) is 57.6. The molecule has 10 rings (SSSR count). The Bertz CT molecular complexity index is 2670. The molecule has 3 saturated carbocycles. The number of aliphatic hydroxyl groups is 22. The number of fused-ring (bicyclic) bond motifs is 5. The van der Waals surface area contributed by atoms with Crippen LogP contribution in [-0.2, 0) is 56.8 Å². The maximum Gasteiger partial charge on any atom is 0.187 e. The molecule has 0 amide bonds. The molecule has 22 N–H and O–H groups in total. The molecule has 2 unspecified atom stereocenters. The fourth-order valence-electron chi connectivity index (χ4n) is 18.5. The van der Waals surface area contributed by atoms with Gasteiger partial charge in [-0.15, -0.1) is 0 Å². The topological polar surface area (TPSA) is 556 Å². The molecular weight excluding hydrogens is 1340 g/mol. The van der Waals surface area contributed by atoms with Crippen LogP contribution in [0, 0.1) is 45.3 Å². The van der Waals surface area contributed by atoms with Crippen molar-refractivity contribution in [2.45, 2.75) is 315 Å². The Hall–Kier alpha value is -1.62. The first kappa shape index (κ1) is 80.9. The van der Waals surface area contributed by atoms with Crippen LogP contribution in [0.2, 0.25) is 0 Å². The highest BCUT2D eigenvalue weighted by atomic mass is 16.8. The molecule has 0 aromatic heterocycles. The number of hydrogen-bond donors (Lipinski definition) is 22. The SMILES string of the molecule is C[C@H](CC[C@@H](O[C@@H]1O[C@H](CO[C@@H]2O[C@H](CO)[C@@H](O)[C@H](O)[C@H]2O)[C@@H](O)[C@H](O)[C@H]1O[C@@H]1O[C@H](CO)[C@@H](O)[C@H](O)[C@H]1O)C(C)(C)O)[C@H]1CC[C@@]2(C)[C@H]3CC=C4[C@@H](CC[C@H](O[C@@H]5O[C@H](COC6O[C@H](CO)[C@@H](O)[C@H](O)[C@H]6O)[C@@H](O)[C@H](O)[C@H]5OC5O[C@H](CO)[C@@H](O)[C@H](O)[C@H]5O)C4(C)C)[C@]3(C)[C@H](O)C[C@]12C. The van der Waals surface area contributed by atoms with Gasteiger partial charge >= 0.3 is 0 Å². The molecule has 0 aromatic rings. The lowest BCUT2D eigenvalue weighted by atomic mass is 9.38. The summed E-state index contributed by atoms with van der Waals surface area (Å²) in [5, 5.41) is 239. The van der Waals surface area contributed by atoms with E-state index in [1.165, 1.54) is 13.8 Å². The number of aliphatic hydroxyl groups excluding tert-OH is 21. The molecule has 100 heavy (non-hydrogen) atoms. The van der Waals surface area contributed by atoms with Gasteiger partial charge in [-0.3, -0.25) is 0 Å². The second kappa shape index (κ2) is 31.5. The Morgan fingerprint density at radius 3 is 1.30 bits per heavy atom. The standard InChI is InChI=1S/C66H112O34/c1-24(9-13-37(63(4,5)88)98-61-55(100-59-53(87)47(81)41(75)31(21-70)94-59)49(83)43(77)33(96-61)23-90-57-51(85)45(79)39(73)29(19-68)92-57)25-15-16-64(6)34-12-10-26-27(66(34,8)35(71)17-65(25,64)7)11-14-36(62(26,2)3)97-60-54(99-58-52(86)46(80)40(74)30(20-69)93-58)48(82)42(76)32(95-60)22-89-56-50(84)44(78)38(72)28(18-67)91-56/h10,24-25,27-61,67-88H,9,11-23H2,1-8H3/t24-,25-,27-,28-,29-,30-,31-,32-,33-,34-,35-,36+,37-,38-,39-,40-,41-,42-,43-,44+,45+,46+,47+,48+,49+,50-,51-,52-,53-,54-,55-,56?,57-,58?,59+,60+,61+,64+,65-,66+/m1/s1. The predicted octanol–water partition coefficient (Wildman–Crippen LogP) is -7.58. The van der Waals surface area contributed by atoms with Gasteiger partial charge in [0.1, 0.15) is 146 Å². The summed E-state index contributed by atoms with van der Waals surface area (Å²) in [6, 6.07) is 0. The van der Waals surface area contributed by atoms with Crippen LogP contribution >= 0.6 is 0 Å². The van der Waals surface area contributed by atoms with Crippen LogP contribution in [0.5, 0.6) is 0 Å². The van der Waals surface area contributed by atoms with Crippen LogP contribution in [0.3, 0.4) is 0 Å². The van der Waals surface area contributed by atoms with Gasteiger partial charge in [0.15, 0.2) is 37.7 Å². The van der Waals surface area contributed by atoms with Crippen LogP contribution in [0.4, 0.5) is 0 Å². The fourth-order valence-corrected chi connectivity index (χ4v) is 18.5. The van der Waals surface area contributed by atoms with Gasteiger partial charge in [0, 0.05) is 10.8 Å². The molecule has 34 nitrogen and oxygen atoms in total. The zero-order chi connectivity index (χ0) is 73.5. The van der Waals surface area contributed by atoms with Gasteiger partial charge in [-0.2, -0.15) is 0 Å². The molecule has 6 heterocycles. The summed E-state index contributed by atoms with van der Waals surface area (Å²) in [7, 11) is 0. The average Bonchev–Trinajstić information content (AvgIpc) is 1.33. The van der Waals surface area contributed by atoms with Crippen molar-refractivity contribution >= 4 is 0 Å². The Morgan fingerprint density at radius 1 is 0.460 bits per heavy atom. The summed E-state index contributed by atoms with van der Waals surface area (Å²) in [4.78, 5) is 0. The van der Waals surface area contributed by atoms with Crippen molar-refractivity contribution in [2.24, 2.45) is 45.3 Å². The van der Waals surface area contributed by atoms with Crippen LogP contribution in [-0.4, -0.2) is 360 Å². The molecule has 34 heteroatoms. The maximum atomic E-state index is 13.0. The molecule has 0 radical (unpaired) electrons. The van der Waals surface area contributed by atoms with Gasteiger partial charge in [-0.05, 0) is 99.7 Å². The van der Waals surface area contributed by atoms with Crippen molar-refractivity contribution in [3.05, 3.63) is 11.6 Å². The summed E-state index contributed by atoms with van der Waals surface area (Å²) in [5.41, 5.74) is -3.02. The molecule has 0 spiro atoms. The van der Waals surface area contributed by atoms with Gasteiger partial charge in [-0.25, -0.2) is 0 Å². The van der Waals surface area contributed by atoms with E-state index in [0.29, 0.717) is 32.1 Å². The summed E-state index contributed by atoms with van der Waals surface area (Å²) >= 11 is 0. The Kier molecular flexibility index (Phi) is 25.5. The van der Waals surface area contributed by atoms with Crippen molar-refractivity contribution in [3.63, 3.8) is 0 Å². The first-order chi connectivity index (χ1) is 46.9. The highest BCUT2D eigenvalue weighted by molar-refractivity contribution is 5.32. The lowest BCUT2D eigenvalue weighted by Gasteiger charge is -2.67. The van der Waals surface area contributed by atoms with Gasteiger partial charge in [-0.1, -0.05) is 53.2 Å². The summed E-state index contributed by atoms with van der Waals surface area (Å²) in [6.45, 7) is 11.3. The Balaban J connectivity index is 0.853. The lowest BCUT2D eigenvalue weighted by molar-refractivity contribution is -0.380. The summed E-state index contributed by atoms with van der Waals surface area (Å²) in [6.07, 6.45) is -48.7. The highest BCUT2D eigenvalue weighted by Gasteiger charge is 2.71. The van der Waals surface area contributed by atoms with E-state index in [-0.39, 0.29) is 35.5 Å². The van der Waals surface area contributed by atoms with Gasteiger partial charge < -0.3 is 169 Å². The largest absolute Gasteiger partial charge is 0.394 e. The quantitative estimate of drug-likeness (QED) is 0.0423. The third-order valence-electron chi connectivity index (χ3n) is 25.0. The van der Waals surface area contributed by atoms with Gasteiger partial charge in [0.2, 0.25) is 0 Å². The first-order valence-electron chi connectivity index (χ1n) is 35.1. The summed E-state index contributed by atoms with van der Waals surface area (Å²) in [5.74, 6) is -0.322. The van der Waals surface area contributed by atoms with E-state index in [9.17, 15) is 112 Å². The van der Waals surface area contributed by atoms with Crippen LogP contribution in [0.15, 0.2) is 11.6 Å². The molecular formula is C66H112O34. The average molecular weight is 1450 g/mol. The molecule has 4 aliphatic carbocycles. The van der Waals surface area contributed by atoms with Crippen molar-refractivity contribution in [2.75, 3.05) is 39.6 Å². The predicted molar refractivity (Wildman–Crippen MR) is 333 cm³/mol. The fraction of sp³-hybridized carbons (Fsp3) is 0.970. The highest BCUT2D eigenvalue weighted by Crippen LogP contribution is 2.75. The second-order valence-corrected chi connectivity index (χ2v) is 31.5. The molecule has 40 atom stereocenters. The van der Waals surface area contributed by atoms with E-state index < -0.39 is 264 Å². The summed E-state index contributed by atoms with van der Waals surface area (Å²) < 4.78 is 72.0. The van der Waals surface area contributed by atoms with Gasteiger partial charge in [0.25, 0.3) is 0 Å². The number of ether oxygens (including phenoxy) is 12. The number of rotatable bonds is 23. The van der Waals surface area contributed by atoms with E-state index in [4.69, 9.17) is 56.8 Å². The zero-order valence-electron chi connectivity index (χ0n) is 57.6. The maximum absolute atomic E-state index is 13.0. The minimum absolute atomic E-state index is 0.00756. The number of hydrogen-bond acceptors (Lipinski definition) is 34. The second-order valence-electron chi connectivity index (χ2n) is 31.5. The smallest absolute Gasteiger partial charge is 0.187 e. The van der Waals surface area contributed by atoms with Crippen LogP contribution in [0.1, 0.15) is 107 Å². The molecule has 0 aromatic carbocycles. The Labute approximate surface area is 579 Å². The third-order valence-corrected chi connectivity index (χ3v) is 25.0. The number of allylic oxidation sites excluding steroid dienone is 1. The van der Waals surface area contributed by atoms with Crippen molar-refractivity contribution in [3.8, 4) is 0 Å². The monoisotopic (exact) mass is 1450 g/mol. The van der Waals surface area contributed by atoms with Crippen LogP contribution in [0.25, 0.3) is 0 Å². The van der Waals surface area contributed by atoms with E-state index in [1.807, 2.05) is 13.8 Å². The molecule has 9 fully saturated rings. The Morgan fingerprint density at radius 2 is 0.860 bits per heavy atom. The minimum Gasteiger partial charge on any atom is -0.394 e. The molecule has 0 bridgehead atoms. The first-order valence-corrected chi connectivity index (χ1v) is 35.1. The van der Waals surface area contributed by atoms with Crippen molar-refractivity contribution in [1.29, 1.82) is 0 Å². The van der Waals surface area contributed by atoms with E-state index in [2.05, 4.69) is 33.8 Å². The minimum atomic E-state index is -1.99. The van der Waals surface area contributed by atoms with Gasteiger partial charge in [0.05, 0.1) is 63.6 Å². The van der Waals surface area contributed by atoms with E-state index in [0.717, 1.165) is 18.4 Å². The normalized spacial score (nSPS) is 52.1. The molecule has 6 saturated heterocycles. The molecule has 10 aliphatic rings. The third kappa shape index (κ3) is 14.8. The van der Waals surface area contributed by atoms with Crippen molar-refractivity contribution < 1.29 is 169 Å².